The highest BCUT2D eigenvalue weighted by molar-refractivity contribution is 7.99. The molecule has 0 atom stereocenters. The second kappa shape index (κ2) is 4.84. The van der Waals surface area contributed by atoms with Crippen molar-refractivity contribution >= 4 is 17.7 Å². The molecule has 86 valence electrons. The molecule has 0 spiro atoms. The third-order valence-electron chi connectivity index (χ3n) is 1.96. The second-order valence-corrected chi connectivity index (χ2v) is 4.23. The maximum atomic E-state index is 11.0. The summed E-state index contributed by atoms with van der Waals surface area (Å²) >= 11 is 1.26. The number of nitrogens with one attached hydrogen (secondary N) is 1. The molecule has 0 saturated heterocycles. The van der Waals surface area contributed by atoms with Gasteiger partial charge in [0.05, 0.1) is 5.56 Å². The predicted octanol–water partition coefficient (Wildman–Crippen LogP) is 1.62. The maximum absolute atomic E-state index is 11.0. The minimum absolute atomic E-state index is 0.218. The van der Waals surface area contributed by atoms with E-state index in [1.54, 1.807) is 12.1 Å². The molecule has 0 radical (unpaired) electrons. The van der Waals surface area contributed by atoms with E-state index >= 15 is 0 Å². The predicted molar refractivity (Wildman–Crippen MR) is 62.4 cm³/mol. The van der Waals surface area contributed by atoms with Gasteiger partial charge in [0.1, 0.15) is 0 Å². The summed E-state index contributed by atoms with van der Waals surface area (Å²) in [5, 5.41) is 9.21. The van der Waals surface area contributed by atoms with E-state index < -0.39 is 5.97 Å². The summed E-state index contributed by atoms with van der Waals surface area (Å²) in [6.07, 6.45) is 1.42. The van der Waals surface area contributed by atoms with E-state index in [9.17, 15) is 9.59 Å². The largest absolute Gasteiger partial charge is 0.478 e. The molecule has 0 aliphatic heterocycles. The van der Waals surface area contributed by atoms with E-state index in [2.05, 4.69) is 9.97 Å². The van der Waals surface area contributed by atoms with Crippen molar-refractivity contribution in [3.8, 4) is 0 Å². The summed E-state index contributed by atoms with van der Waals surface area (Å²) in [6.45, 7) is 0. The average Bonchev–Trinajstić information content (AvgIpc) is 2.29. The van der Waals surface area contributed by atoms with Crippen molar-refractivity contribution in [1.29, 1.82) is 0 Å². The van der Waals surface area contributed by atoms with Crippen LogP contribution < -0.4 is 5.56 Å². The normalized spacial score (nSPS) is 10.1. The number of carboxylic acids is 1. The van der Waals surface area contributed by atoms with Crippen LogP contribution >= 0.6 is 11.8 Å². The number of aromatic carboxylic acids is 1. The van der Waals surface area contributed by atoms with Gasteiger partial charge in [-0.2, -0.15) is 0 Å². The highest BCUT2D eigenvalue weighted by atomic mass is 32.2. The zero-order valence-electron chi connectivity index (χ0n) is 8.58. The van der Waals surface area contributed by atoms with Gasteiger partial charge in [-0.25, -0.2) is 9.78 Å². The Kier molecular flexibility index (Phi) is 3.24. The van der Waals surface area contributed by atoms with Gasteiger partial charge in [0.15, 0.2) is 5.16 Å². The molecule has 0 unspecified atom stereocenters. The van der Waals surface area contributed by atoms with Gasteiger partial charge < -0.3 is 10.1 Å². The number of nitrogens with zero attached hydrogens (tertiary/aromatic N) is 1. The fourth-order valence-corrected chi connectivity index (χ4v) is 1.94. The lowest BCUT2D eigenvalue weighted by molar-refractivity contribution is 0.0697. The summed E-state index contributed by atoms with van der Waals surface area (Å²) in [5.74, 6) is -0.965. The summed E-state index contributed by atoms with van der Waals surface area (Å²) < 4.78 is 0. The molecule has 0 aliphatic carbocycles. The number of benzene rings is 1. The summed E-state index contributed by atoms with van der Waals surface area (Å²) in [4.78, 5) is 29.1. The highest BCUT2D eigenvalue weighted by Crippen LogP contribution is 2.23. The van der Waals surface area contributed by atoms with E-state index in [0.29, 0.717) is 5.16 Å². The zero-order valence-corrected chi connectivity index (χ0v) is 9.40. The Morgan fingerprint density at radius 3 is 2.53 bits per heavy atom. The summed E-state index contributed by atoms with van der Waals surface area (Å²) in [5.41, 5.74) is 0.00789. The SMILES string of the molecule is O=C(O)c1ccc(Sc2nccc(=O)[nH]2)cc1. The van der Waals surface area contributed by atoms with Crippen molar-refractivity contribution in [2.75, 3.05) is 0 Å². The Balaban J connectivity index is 2.19. The van der Waals surface area contributed by atoms with Crippen LogP contribution in [-0.2, 0) is 0 Å². The zero-order chi connectivity index (χ0) is 12.3. The molecule has 0 bridgehead atoms. The number of carbonyl (C=O) groups is 1. The average molecular weight is 248 g/mol. The highest BCUT2D eigenvalue weighted by Gasteiger charge is 2.03. The molecule has 2 aromatic rings. The lowest BCUT2D eigenvalue weighted by Crippen LogP contribution is -2.04. The first-order valence-electron chi connectivity index (χ1n) is 4.72. The van der Waals surface area contributed by atoms with Crippen LogP contribution in [0.5, 0.6) is 0 Å². The van der Waals surface area contributed by atoms with Crippen LogP contribution in [0.15, 0.2) is 51.4 Å². The number of hydrogen-bond acceptors (Lipinski definition) is 4. The third-order valence-corrected chi connectivity index (χ3v) is 2.87. The van der Waals surface area contributed by atoms with Crippen LogP contribution in [0.2, 0.25) is 0 Å². The topological polar surface area (TPSA) is 83.0 Å². The first-order valence-corrected chi connectivity index (χ1v) is 5.53. The smallest absolute Gasteiger partial charge is 0.335 e. The number of aromatic amines is 1. The molecule has 0 amide bonds. The third kappa shape index (κ3) is 2.94. The minimum Gasteiger partial charge on any atom is -0.478 e. The van der Waals surface area contributed by atoms with Gasteiger partial charge in [-0.05, 0) is 24.3 Å². The fourth-order valence-electron chi connectivity index (χ4n) is 1.18. The summed E-state index contributed by atoms with van der Waals surface area (Å²) in [6, 6.07) is 7.68. The number of H-pyrrole nitrogens is 1. The Labute approximate surface area is 101 Å². The van der Waals surface area contributed by atoms with Crippen molar-refractivity contribution in [3.63, 3.8) is 0 Å². The van der Waals surface area contributed by atoms with Crippen molar-refractivity contribution in [2.45, 2.75) is 10.1 Å². The minimum atomic E-state index is -0.965. The van der Waals surface area contributed by atoms with Gasteiger partial charge in [-0.1, -0.05) is 11.8 Å². The van der Waals surface area contributed by atoms with Crippen molar-refractivity contribution in [3.05, 3.63) is 52.4 Å². The first kappa shape index (κ1) is 11.4. The number of hydrogen-bond donors (Lipinski definition) is 2. The Bertz CT molecular complexity index is 592. The van der Waals surface area contributed by atoms with Gasteiger partial charge in [0.25, 0.3) is 5.56 Å². The second-order valence-electron chi connectivity index (χ2n) is 3.17. The fraction of sp³-hybridized carbons (Fsp3) is 0. The van der Waals surface area contributed by atoms with Crippen LogP contribution in [-0.4, -0.2) is 21.0 Å². The van der Waals surface area contributed by atoms with Gasteiger partial charge in [0.2, 0.25) is 0 Å². The number of carboxylic acid groups (broad SMARTS) is 1. The molecule has 2 rings (SSSR count). The van der Waals surface area contributed by atoms with Crippen LogP contribution in [0.4, 0.5) is 0 Å². The number of rotatable bonds is 3. The molecule has 1 aromatic heterocycles. The quantitative estimate of drug-likeness (QED) is 0.806. The Morgan fingerprint density at radius 2 is 1.94 bits per heavy atom. The molecule has 1 heterocycles. The van der Waals surface area contributed by atoms with Crippen LogP contribution in [0.1, 0.15) is 10.4 Å². The van der Waals surface area contributed by atoms with Crippen molar-refractivity contribution in [1.82, 2.24) is 9.97 Å². The van der Waals surface area contributed by atoms with Gasteiger partial charge in [-0.15, -0.1) is 0 Å². The molecule has 2 N–H and O–H groups in total. The van der Waals surface area contributed by atoms with E-state index in [1.807, 2.05) is 0 Å². The van der Waals surface area contributed by atoms with Crippen LogP contribution in [0.3, 0.4) is 0 Å². The summed E-state index contributed by atoms with van der Waals surface area (Å²) in [7, 11) is 0. The lowest BCUT2D eigenvalue weighted by atomic mass is 10.2. The van der Waals surface area contributed by atoms with E-state index in [-0.39, 0.29) is 11.1 Å². The van der Waals surface area contributed by atoms with Crippen LogP contribution in [0, 0.1) is 0 Å². The van der Waals surface area contributed by atoms with Crippen molar-refractivity contribution < 1.29 is 9.90 Å². The number of aromatic nitrogens is 2. The molecular formula is C11H8N2O3S. The van der Waals surface area contributed by atoms with E-state index in [1.165, 1.54) is 36.2 Å². The lowest BCUT2D eigenvalue weighted by Gasteiger charge is -2.00. The molecular weight excluding hydrogens is 240 g/mol. The molecule has 0 aliphatic rings. The molecule has 0 fully saturated rings. The molecule has 5 nitrogen and oxygen atoms in total. The van der Waals surface area contributed by atoms with Gasteiger partial charge in [0, 0.05) is 17.2 Å². The van der Waals surface area contributed by atoms with Crippen molar-refractivity contribution in [2.24, 2.45) is 0 Å². The van der Waals surface area contributed by atoms with Crippen LogP contribution in [0.25, 0.3) is 0 Å². The first-order chi connectivity index (χ1) is 8.15. The van der Waals surface area contributed by atoms with Gasteiger partial charge >= 0.3 is 5.97 Å². The molecule has 17 heavy (non-hydrogen) atoms. The standard InChI is InChI=1S/C11H8N2O3S/c14-9-5-6-12-11(13-9)17-8-3-1-7(2-4-8)10(15)16/h1-6H,(H,15,16)(H,12,13,14). The Hall–Kier alpha value is -2.08. The monoisotopic (exact) mass is 248 g/mol. The molecule has 1 aromatic carbocycles. The van der Waals surface area contributed by atoms with Gasteiger partial charge in [-0.3, -0.25) is 4.79 Å². The molecule has 0 saturated carbocycles. The Morgan fingerprint density at radius 1 is 1.24 bits per heavy atom. The van der Waals surface area contributed by atoms with E-state index in [0.717, 1.165) is 4.90 Å². The molecule has 6 heteroatoms. The van der Waals surface area contributed by atoms with E-state index in [4.69, 9.17) is 5.11 Å². The maximum Gasteiger partial charge on any atom is 0.335 e.